The Hall–Kier alpha value is -3.17. The van der Waals surface area contributed by atoms with Crippen LogP contribution in [-0.2, 0) is 16.1 Å². The SMILES string of the molecule is CNC(=O)Nc1cc(CNc2ccccc2C(=O)NOCC2CCCCO2)ccn1. The number of pyridine rings is 1. The predicted octanol–water partition coefficient (Wildman–Crippen LogP) is 2.68. The van der Waals surface area contributed by atoms with Crippen molar-refractivity contribution in [3.63, 3.8) is 0 Å². The monoisotopic (exact) mass is 413 g/mol. The van der Waals surface area contributed by atoms with Crippen LogP contribution in [0.3, 0.4) is 0 Å². The number of ether oxygens (including phenoxy) is 1. The van der Waals surface area contributed by atoms with Gasteiger partial charge in [0, 0.05) is 32.1 Å². The summed E-state index contributed by atoms with van der Waals surface area (Å²) in [5.74, 6) is 0.114. The number of carbonyl (C=O) groups is 2. The average molecular weight is 413 g/mol. The van der Waals surface area contributed by atoms with Gasteiger partial charge in [-0.25, -0.2) is 15.3 Å². The van der Waals surface area contributed by atoms with Crippen molar-refractivity contribution in [2.75, 3.05) is 30.9 Å². The summed E-state index contributed by atoms with van der Waals surface area (Å²) in [5, 5.41) is 8.36. The van der Waals surface area contributed by atoms with Crippen molar-refractivity contribution in [2.45, 2.75) is 31.9 Å². The number of amides is 3. The smallest absolute Gasteiger partial charge is 0.320 e. The molecular weight excluding hydrogens is 386 g/mol. The van der Waals surface area contributed by atoms with Crippen LogP contribution in [0.1, 0.15) is 35.2 Å². The number of nitrogens with one attached hydrogen (secondary N) is 4. The molecule has 1 aliphatic heterocycles. The molecule has 1 fully saturated rings. The van der Waals surface area contributed by atoms with Gasteiger partial charge in [0.15, 0.2) is 0 Å². The number of hydrogen-bond acceptors (Lipinski definition) is 6. The topological polar surface area (TPSA) is 114 Å². The quantitative estimate of drug-likeness (QED) is 0.495. The third-order valence-electron chi connectivity index (χ3n) is 4.66. The van der Waals surface area contributed by atoms with Gasteiger partial charge in [0.2, 0.25) is 0 Å². The summed E-state index contributed by atoms with van der Waals surface area (Å²) in [4.78, 5) is 33.5. The van der Waals surface area contributed by atoms with Crippen LogP contribution in [0.4, 0.5) is 16.3 Å². The van der Waals surface area contributed by atoms with Crippen molar-refractivity contribution < 1.29 is 19.2 Å². The third-order valence-corrected chi connectivity index (χ3v) is 4.66. The molecule has 0 aliphatic carbocycles. The molecule has 1 atom stereocenters. The molecule has 1 aliphatic rings. The van der Waals surface area contributed by atoms with Crippen LogP contribution < -0.4 is 21.4 Å². The van der Waals surface area contributed by atoms with E-state index >= 15 is 0 Å². The molecule has 0 saturated carbocycles. The Morgan fingerprint density at radius 3 is 2.90 bits per heavy atom. The first-order valence-corrected chi connectivity index (χ1v) is 9.96. The Morgan fingerprint density at radius 1 is 1.23 bits per heavy atom. The lowest BCUT2D eigenvalue weighted by Gasteiger charge is -2.22. The zero-order valence-electron chi connectivity index (χ0n) is 16.9. The summed E-state index contributed by atoms with van der Waals surface area (Å²) in [6.07, 6.45) is 4.77. The van der Waals surface area contributed by atoms with Gasteiger partial charge in [-0.15, -0.1) is 0 Å². The highest BCUT2D eigenvalue weighted by atomic mass is 16.7. The predicted molar refractivity (Wildman–Crippen MR) is 113 cm³/mol. The second-order valence-corrected chi connectivity index (χ2v) is 6.88. The van der Waals surface area contributed by atoms with Gasteiger partial charge >= 0.3 is 6.03 Å². The minimum Gasteiger partial charge on any atom is -0.380 e. The number of anilines is 2. The lowest BCUT2D eigenvalue weighted by Crippen LogP contribution is -2.31. The van der Waals surface area contributed by atoms with Crippen LogP contribution in [-0.4, -0.2) is 43.3 Å². The average Bonchev–Trinajstić information content (AvgIpc) is 2.78. The first kappa shape index (κ1) is 21.5. The van der Waals surface area contributed by atoms with Crippen LogP contribution >= 0.6 is 0 Å². The maximum absolute atomic E-state index is 12.5. The molecule has 0 spiro atoms. The highest BCUT2D eigenvalue weighted by molar-refractivity contribution is 5.99. The fourth-order valence-corrected chi connectivity index (χ4v) is 3.06. The van der Waals surface area contributed by atoms with Crippen molar-refractivity contribution in [1.82, 2.24) is 15.8 Å². The standard InChI is InChI=1S/C21H27N5O4/c1-22-21(28)25-19-12-15(9-10-23-19)13-24-18-8-3-2-7-17(18)20(27)26-30-14-16-6-4-5-11-29-16/h2-3,7-10,12,16,24H,4-6,11,13-14H2,1H3,(H,26,27)(H2,22,23,25,28). The van der Waals surface area contributed by atoms with Crippen molar-refractivity contribution >= 4 is 23.4 Å². The van der Waals surface area contributed by atoms with E-state index in [1.165, 1.54) is 7.05 Å². The molecule has 1 saturated heterocycles. The Morgan fingerprint density at radius 2 is 2.10 bits per heavy atom. The van der Waals surface area contributed by atoms with Gasteiger partial charge in [0.05, 0.1) is 11.7 Å². The number of nitrogens with zero attached hydrogens (tertiary/aromatic N) is 1. The summed E-state index contributed by atoms with van der Waals surface area (Å²) < 4.78 is 5.59. The fraction of sp³-hybridized carbons (Fsp3) is 0.381. The van der Waals surface area contributed by atoms with Gasteiger partial charge in [-0.2, -0.15) is 0 Å². The molecule has 9 heteroatoms. The van der Waals surface area contributed by atoms with Gasteiger partial charge in [0.1, 0.15) is 12.4 Å². The number of hydrogen-bond donors (Lipinski definition) is 4. The zero-order chi connectivity index (χ0) is 21.2. The number of urea groups is 1. The molecule has 0 bridgehead atoms. The third kappa shape index (κ3) is 6.43. The molecule has 3 amide bonds. The summed E-state index contributed by atoms with van der Waals surface area (Å²) in [6, 6.07) is 10.4. The first-order valence-electron chi connectivity index (χ1n) is 9.96. The maximum atomic E-state index is 12.5. The molecular formula is C21H27N5O4. The summed E-state index contributed by atoms with van der Waals surface area (Å²) >= 11 is 0. The van der Waals surface area contributed by atoms with Crippen molar-refractivity contribution in [2.24, 2.45) is 0 Å². The molecule has 2 heterocycles. The molecule has 160 valence electrons. The number of para-hydroxylation sites is 1. The highest BCUT2D eigenvalue weighted by Crippen LogP contribution is 2.17. The zero-order valence-corrected chi connectivity index (χ0v) is 16.9. The minimum absolute atomic E-state index is 0.0247. The van der Waals surface area contributed by atoms with Gasteiger partial charge in [0.25, 0.3) is 5.91 Å². The van der Waals surface area contributed by atoms with E-state index in [1.54, 1.807) is 24.4 Å². The van der Waals surface area contributed by atoms with Crippen molar-refractivity contribution in [1.29, 1.82) is 0 Å². The number of carbonyl (C=O) groups excluding carboxylic acids is 2. The normalized spacial score (nSPS) is 15.8. The van der Waals surface area contributed by atoms with Gasteiger partial charge in [-0.05, 0) is 49.1 Å². The largest absolute Gasteiger partial charge is 0.380 e. The fourth-order valence-electron chi connectivity index (χ4n) is 3.06. The number of aromatic nitrogens is 1. The minimum atomic E-state index is -0.340. The second-order valence-electron chi connectivity index (χ2n) is 6.88. The van der Waals surface area contributed by atoms with E-state index in [1.807, 2.05) is 18.2 Å². The van der Waals surface area contributed by atoms with Gasteiger partial charge < -0.3 is 15.4 Å². The van der Waals surface area contributed by atoms with E-state index in [9.17, 15) is 9.59 Å². The Balaban J connectivity index is 1.55. The van der Waals surface area contributed by atoms with Gasteiger partial charge in [-0.1, -0.05) is 12.1 Å². The molecule has 9 nitrogen and oxygen atoms in total. The lowest BCUT2D eigenvalue weighted by molar-refractivity contribution is -0.0622. The molecule has 1 aromatic heterocycles. The molecule has 30 heavy (non-hydrogen) atoms. The van der Waals surface area contributed by atoms with Crippen LogP contribution in [0, 0.1) is 0 Å². The number of benzene rings is 1. The van der Waals surface area contributed by atoms with Crippen molar-refractivity contribution in [3.05, 3.63) is 53.7 Å². The Labute approximate surface area is 175 Å². The molecule has 1 unspecified atom stereocenters. The van der Waals surface area contributed by atoms with E-state index in [2.05, 4.69) is 26.4 Å². The van der Waals surface area contributed by atoms with E-state index in [-0.39, 0.29) is 18.0 Å². The number of rotatable bonds is 8. The summed E-state index contributed by atoms with van der Waals surface area (Å²) in [6.45, 7) is 1.52. The molecule has 2 aromatic rings. The van der Waals surface area contributed by atoms with Crippen molar-refractivity contribution in [3.8, 4) is 0 Å². The van der Waals surface area contributed by atoms with Crippen LogP contribution in [0.5, 0.6) is 0 Å². The lowest BCUT2D eigenvalue weighted by atomic mass is 10.1. The second kappa shape index (κ2) is 11.1. The van der Waals surface area contributed by atoms with E-state index in [4.69, 9.17) is 9.57 Å². The maximum Gasteiger partial charge on any atom is 0.320 e. The van der Waals surface area contributed by atoms with Crippen LogP contribution in [0.15, 0.2) is 42.6 Å². The molecule has 3 rings (SSSR count). The molecule has 0 radical (unpaired) electrons. The van der Waals surface area contributed by atoms with Gasteiger partial charge in [-0.3, -0.25) is 14.9 Å². The molecule has 4 N–H and O–H groups in total. The Bertz CT molecular complexity index is 855. The van der Waals surface area contributed by atoms with E-state index in [0.717, 1.165) is 31.4 Å². The molecule has 1 aromatic carbocycles. The highest BCUT2D eigenvalue weighted by Gasteiger charge is 2.16. The Kier molecular flexibility index (Phi) is 7.99. The summed E-state index contributed by atoms with van der Waals surface area (Å²) in [5.41, 5.74) is 4.54. The summed E-state index contributed by atoms with van der Waals surface area (Å²) in [7, 11) is 1.54. The van der Waals surface area contributed by atoms with E-state index < -0.39 is 0 Å². The van der Waals surface area contributed by atoms with Crippen LogP contribution in [0.2, 0.25) is 0 Å². The van der Waals surface area contributed by atoms with E-state index in [0.29, 0.717) is 30.2 Å². The number of hydroxylamine groups is 1. The van der Waals surface area contributed by atoms with Crippen LogP contribution in [0.25, 0.3) is 0 Å². The first-order chi connectivity index (χ1) is 14.7.